The maximum Gasteiger partial charge on any atom is 0.0341 e. The number of hydrogen-bond acceptors (Lipinski definition) is 3. The Morgan fingerprint density at radius 2 is 1.87 bits per heavy atom. The highest BCUT2D eigenvalue weighted by Crippen LogP contribution is 2.09. The molecular weight excluding hydrogens is 204 g/mol. The van der Waals surface area contributed by atoms with Crippen LogP contribution in [0, 0.1) is 0 Å². The molecule has 0 spiro atoms. The zero-order valence-electron chi connectivity index (χ0n) is 9.49. The summed E-state index contributed by atoms with van der Waals surface area (Å²) in [5, 5.41) is 0. The van der Waals surface area contributed by atoms with Gasteiger partial charge >= 0.3 is 0 Å². The summed E-state index contributed by atoms with van der Waals surface area (Å²) in [6, 6.07) is 9.16. The van der Waals surface area contributed by atoms with E-state index in [1.807, 2.05) is 11.8 Å². The van der Waals surface area contributed by atoms with Crippen molar-refractivity contribution in [1.82, 2.24) is 5.43 Å². The highest BCUT2D eigenvalue weighted by atomic mass is 32.2. The van der Waals surface area contributed by atoms with Gasteiger partial charge in [-0.2, -0.15) is 11.8 Å². The van der Waals surface area contributed by atoms with Crippen LogP contribution in [0.3, 0.4) is 0 Å². The molecule has 1 rings (SSSR count). The fourth-order valence-electron chi connectivity index (χ4n) is 1.56. The smallest absolute Gasteiger partial charge is 0.0341 e. The van der Waals surface area contributed by atoms with Gasteiger partial charge in [0.25, 0.3) is 0 Å². The summed E-state index contributed by atoms with van der Waals surface area (Å²) in [6.45, 7) is 2.17. The summed E-state index contributed by atoms with van der Waals surface area (Å²) in [5.41, 5.74) is 5.60. The van der Waals surface area contributed by atoms with E-state index in [4.69, 9.17) is 5.84 Å². The van der Waals surface area contributed by atoms with E-state index in [1.165, 1.54) is 11.1 Å². The third kappa shape index (κ3) is 4.24. The molecule has 0 aliphatic carbocycles. The molecule has 2 nitrogen and oxygen atoms in total. The SMILES string of the molecule is CCc1ccc(CC(CSC)NN)cc1. The van der Waals surface area contributed by atoms with E-state index >= 15 is 0 Å². The van der Waals surface area contributed by atoms with Crippen molar-refractivity contribution in [3.05, 3.63) is 35.4 Å². The van der Waals surface area contributed by atoms with Crippen LogP contribution in [0.1, 0.15) is 18.1 Å². The Labute approximate surface area is 96.6 Å². The molecule has 0 radical (unpaired) electrons. The third-order valence-electron chi connectivity index (χ3n) is 2.52. The number of benzene rings is 1. The van der Waals surface area contributed by atoms with E-state index in [0.717, 1.165) is 18.6 Å². The Balaban J connectivity index is 2.55. The molecule has 1 aromatic rings. The van der Waals surface area contributed by atoms with Crippen LogP contribution in [0.2, 0.25) is 0 Å². The van der Waals surface area contributed by atoms with E-state index in [9.17, 15) is 0 Å². The summed E-state index contributed by atoms with van der Waals surface area (Å²) in [6.07, 6.45) is 4.20. The molecule has 84 valence electrons. The molecule has 1 unspecified atom stereocenters. The molecule has 1 aromatic carbocycles. The first kappa shape index (κ1) is 12.6. The first-order valence-electron chi connectivity index (χ1n) is 5.33. The molecule has 0 fully saturated rings. The summed E-state index contributed by atoms with van der Waals surface area (Å²) in [5.74, 6) is 6.55. The molecule has 3 heteroatoms. The normalized spacial score (nSPS) is 12.7. The van der Waals surface area contributed by atoms with Crippen molar-refractivity contribution in [2.24, 2.45) is 5.84 Å². The molecule has 0 bridgehead atoms. The van der Waals surface area contributed by atoms with E-state index in [-0.39, 0.29) is 0 Å². The Hall–Kier alpha value is -0.510. The molecule has 15 heavy (non-hydrogen) atoms. The van der Waals surface area contributed by atoms with Crippen LogP contribution in [0.5, 0.6) is 0 Å². The van der Waals surface area contributed by atoms with Gasteiger partial charge < -0.3 is 0 Å². The van der Waals surface area contributed by atoms with Gasteiger partial charge in [0.2, 0.25) is 0 Å². The number of thioether (sulfide) groups is 1. The summed E-state index contributed by atoms with van der Waals surface area (Å²) >= 11 is 1.82. The molecule has 0 saturated carbocycles. The first-order valence-corrected chi connectivity index (χ1v) is 6.72. The van der Waals surface area contributed by atoms with Crippen LogP contribution >= 0.6 is 11.8 Å². The quantitative estimate of drug-likeness (QED) is 0.573. The van der Waals surface area contributed by atoms with Gasteiger partial charge in [-0.15, -0.1) is 0 Å². The van der Waals surface area contributed by atoms with Crippen molar-refractivity contribution in [3.8, 4) is 0 Å². The largest absolute Gasteiger partial charge is 0.271 e. The summed E-state index contributed by atoms with van der Waals surface area (Å²) in [7, 11) is 0. The van der Waals surface area contributed by atoms with Crippen LogP contribution in [0.4, 0.5) is 0 Å². The molecule has 0 saturated heterocycles. The lowest BCUT2D eigenvalue weighted by molar-refractivity contribution is 0.576. The van der Waals surface area contributed by atoms with Crippen molar-refractivity contribution in [1.29, 1.82) is 0 Å². The van der Waals surface area contributed by atoms with Crippen molar-refractivity contribution < 1.29 is 0 Å². The molecule has 3 N–H and O–H groups in total. The van der Waals surface area contributed by atoms with Gasteiger partial charge in [0.1, 0.15) is 0 Å². The summed E-state index contributed by atoms with van der Waals surface area (Å²) < 4.78 is 0. The van der Waals surface area contributed by atoms with Crippen molar-refractivity contribution >= 4 is 11.8 Å². The molecule has 0 aliphatic rings. The molecule has 0 amide bonds. The topological polar surface area (TPSA) is 38.0 Å². The second kappa shape index (κ2) is 6.88. The van der Waals surface area contributed by atoms with Gasteiger partial charge in [-0.1, -0.05) is 31.2 Å². The lowest BCUT2D eigenvalue weighted by Gasteiger charge is -2.14. The maximum absolute atomic E-state index is 5.50. The van der Waals surface area contributed by atoms with Crippen LogP contribution in [-0.4, -0.2) is 18.1 Å². The minimum absolute atomic E-state index is 0.368. The number of rotatable bonds is 6. The van der Waals surface area contributed by atoms with E-state index in [0.29, 0.717) is 6.04 Å². The van der Waals surface area contributed by atoms with Gasteiger partial charge in [0.05, 0.1) is 0 Å². The van der Waals surface area contributed by atoms with Gasteiger partial charge in [-0.05, 0) is 30.2 Å². The van der Waals surface area contributed by atoms with Gasteiger partial charge in [-0.3, -0.25) is 11.3 Å². The third-order valence-corrected chi connectivity index (χ3v) is 3.25. The number of nitrogens with one attached hydrogen (secondary N) is 1. The van der Waals surface area contributed by atoms with Crippen LogP contribution in [-0.2, 0) is 12.8 Å². The summed E-state index contributed by atoms with van der Waals surface area (Å²) in [4.78, 5) is 0. The van der Waals surface area contributed by atoms with Gasteiger partial charge in [0.15, 0.2) is 0 Å². The van der Waals surface area contributed by atoms with Crippen LogP contribution in [0.15, 0.2) is 24.3 Å². The van der Waals surface area contributed by atoms with E-state index in [2.05, 4.69) is 42.9 Å². The predicted molar refractivity (Wildman–Crippen MR) is 69.0 cm³/mol. The zero-order valence-corrected chi connectivity index (χ0v) is 10.3. The number of aryl methyl sites for hydroxylation is 1. The minimum atomic E-state index is 0.368. The molecule has 0 aliphatic heterocycles. The lowest BCUT2D eigenvalue weighted by atomic mass is 10.0. The monoisotopic (exact) mass is 224 g/mol. The fraction of sp³-hybridized carbons (Fsp3) is 0.500. The standard InChI is InChI=1S/C12H20N2S/c1-3-10-4-6-11(7-5-10)8-12(14-13)9-15-2/h4-7,12,14H,3,8-9,13H2,1-2H3. The Bertz CT molecular complexity index is 271. The fourth-order valence-corrected chi connectivity index (χ4v) is 2.18. The maximum atomic E-state index is 5.50. The lowest BCUT2D eigenvalue weighted by Crippen LogP contribution is -2.38. The Morgan fingerprint density at radius 3 is 2.33 bits per heavy atom. The number of hydrazine groups is 1. The number of nitrogens with two attached hydrogens (primary N) is 1. The van der Waals surface area contributed by atoms with Crippen molar-refractivity contribution in [2.75, 3.05) is 12.0 Å². The van der Waals surface area contributed by atoms with Gasteiger partial charge in [0, 0.05) is 11.8 Å². The average molecular weight is 224 g/mol. The Morgan fingerprint density at radius 1 is 1.27 bits per heavy atom. The predicted octanol–water partition coefficient (Wildman–Crippen LogP) is 1.99. The van der Waals surface area contributed by atoms with Crippen LogP contribution in [0.25, 0.3) is 0 Å². The van der Waals surface area contributed by atoms with Gasteiger partial charge in [-0.25, -0.2) is 0 Å². The molecule has 0 aromatic heterocycles. The minimum Gasteiger partial charge on any atom is -0.271 e. The number of hydrogen-bond donors (Lipinski definition) is 2. The highest BCUT2D eigenvalue weighted by Gasteiger charge is 2.06. The first-order chi connectivity index (χ1) is 7.30. The highest BCUT2D eigenvalue weighted by molar-refractivity contribution is 7.98. The van der Waals surface area contributed by atoms with E-state index in [1.54, 1.807) is 0 Å². The Kier molecular flexibility index (Phi) is 5.76. The second-order valence-electron chi connectivity index (χ2n) is 3.69. The van der Waals surface area contributed by atoms with Crippen molar-refractivity contribution in [2.45, 2.75) is 25.8 Å². The van der Waals surface area contributed by atoms with Crippen LogP contribution < -0.4 is 11.3 Å². The van der Waals surface area contributed by atoms with Crippen molar-refractivity contribution in [3.63, 3.8) is 0 Å². The van der Waals surface area contributed by atoms with E-state index < -0.39 is 0 Å². The molecule has 0 heterocycles. The average Bonchev–Trinajstić information content (AvgIpc) is 2.29. The zero-order chi connectivity index (χ0) is 11.1. The second-order valence-corrected chi connectivity index (χ2v) is 4.60. The molecular formula is C12H20N2S. The molecule has 1 atom stereocenters.